The highest BCUT2D eigenvalue weighted by Crippen LogP contribution is 2.40. The minimum absolute atomic E-state index is 0.00996. The normalized spacial score (nSPS) is 12.3. The maximum absolute atomic E-state index is 12.2. The van der Waals surface area contributed by atoms with Gasteiger partial charge in [0.1, 0.15) is 0 Å². The first-order valence-electron chi connectivity index (χ1n) is 7.56. The number of hydrogen-bond donors (Lipinski definition) is 1. The van der Waals surface area contributed by atoms with Gasteiger partial charge in [-0.1, -0.05) is 29.8 Å². The van der Waals surface area contributed by atoms with Crippen LogP contribution in [0, 0.1) is 13.8 Å². The van der Waals surface area contributed by atoms with Crippen LogP contribution >= 0.6 is 23.4 Å². The topological polar surface area (TPSA) is 47.6 Å². The zero-order chi connectivity index (χ0) is 17.1. The highest BCUT2D eigenvalue weighted by molar-refractivity contribution is 7.99. The second kappa shape index (κ2) is 7.36. The number of para-hydroxylation sites is 1. The average molecular weight is 364 g/mol. The Morgan fingerprint density at radius 3 is 2.75 bits per heavy atom. The number of anilines is 1. The lowest BCUT2D eigenvalue weighted by Crippen LogP contribution is -2.15. The Bertz CT molecular complexity index is 759. The second-order valence-corrected chi connectivity index (χ2v) is 7.01. The van der Waals surface area contributed by atoms with Crippen LogP contribution in [0.5, 0.6) is 11.5 Å². The van der Waals surface area contributed by atoms with Crippen LogP contribution in [0.15, 0.2) is 30.3 Å². The van der Waals surface area contributed by atoms with Crippen LogP contribution in [0.2, 0.25) is 5.02 Å². The van der Waals surface area contributed by atoms with Crippen LogP contribution < -0.4 is 14.8 Å². The minimum atomic E-state index is -0.00996. The molecule has 0 unspecified atom stereocenters. The van der Waals surface area contributed by atoms with Gasteiger partial charge in [0.15, 0.2) is 11.5 Å². The van der Waals surface area contributed by atoms with E-state index >= 15 is 0 Å². The maximum Gasteiger partial charge on any atom is 0.234 e. The van der Waals surface area contributed by atoms with Crippen molar-refractivity contribution in [2.45, 2.75) is 19.6 Å². The van der Waals surface area contributed by atoms with Crippen LogP contribution in [-0.2, 0) is 10.5 Å². The van der Waals surface area contributed by atoms with E-state index in [9.17, 15) is 4.79 Å². The summed E-state index contributed by atoms with van der Waals surface area (Å²) in [6, 6.07) is 9.73. The molecule has 0 saturated carbocycles. The van der Waals surface area contributed by atoms with Gasteiger partial charge in [-0.05, 0) is 42.7 Å². The first-order valence-corrected chi connectivity index (χ1v) is 9.09. The van der Waals surface area contributed by atoms with Crippen molar-refractivity contribution in [1.82, 2.24) is 0 Å². The summed E-state index contributed by atoms with van der Waals surface area (Å²) in [5.74, 6) is 2.30. The minimum Gasteiger partial charge on any atom is -0.454 e. The van der Waals surface area contributed by atoms with Crippen molar-refractivity contribution in [2.75, 3.05) is 17.9 Å². The second-order valence-electron chi connectivity index (χ2n) is 5.62. The molecule has 1 aliphatic heterocycles. The molecular formula is C18H18ClNO3S. The summed E-state index contributed by atoms with van der Waals surface area (Å²) >= 11 is 7.70. The van der Waals surface area contributed by atoms with E-state index in [0.29, 0.717) is 28.0 Å². The molecule has 24 heavy (non-hydrogen) atoms. The first-order chi connectivity index (χ1) is 11.5. The Hall–Kier alpha value is -1.85. The lowest BCUT2D eigenvalue weighted by molar-refractivity contribution is -0.113. The molecule has 0 atom stereocenters. The van der Waals surface area contributed by atoms with Crippen molar-refractivity contribution in [1.29, 1.82) is 0 Å². The lowest BCUT2D eigenvalue weighted by Gasteiger charge is -2.11. The number of hydrogen-bond acceptors (Lipinski definition) is 4. The Kier molecular flexibility index (Phi) is 5.21. The first kappa shape index (κ1) is 17.0. The van der Waals surface area contributed by atoms with E-state index in [1.54, 1.807) is 0 Å². The Balaban J connectivity index is 1.55. The van der Waals surface area contributed by atoms with Gasteiger partial charge in [-0.15, -0.1) is 11.8 Å². The van der Waals surface area contributed by atoms with Crippen molar-refractivity contribution < 1.29 is 14.3 Å². The molecule has 0 spiro atoms. The third-order valence-electron chi connectivity index (χ3n) is 3.73. The summed E-state index contributed by atoms with van der Waals surface area (Å²) in [5, 5.41) is 3.53. The van der Waals surface area contributed by atoms with E-state index in [1.807, 2.05) is 44.2 Å². The zero-order valence-electron chi connectivity index (χ0n) is 13.5. The molecule has 0 bridgehead atoms. The smallest absolute Gasteiger partial charge is 0.234 e. The van der Waals surface area contributed by atoms with Gasteiger partial charge >= 0.3 is 0 Å². The quantitative estimate of drug-likeness (QED) is 0.846. The number of aryl methyl sites for hydroxylation is 2. The van der Waals surface area contributed by atoms with Gasteiger partial charge in [0.05, 0.1) is 10.8 Å². The van der Waals surface area contributed by atoms with Crippen molar-refractivity contribution >= 4 is 35.0 Å². The van der Waals surface area contributed by atoms with Crippen LogP contribution in [0.3, 0.4) is 0 Å². The number of ether oxygens (including phenoxy) is 2. The fourth-order valence-corrected chi connectivity index (χ4v) is 3.60. The molecule has 6 heteroatoms. The monoisotopic (exact) mass is 363 g/mol. The molecule has 0 radical (unpaired) electrons. The molecule has 2 aromatic carbocycles. The van der Waals surface area contributed by atoms with Gasteiger partial charge in [0.25, 0.3) is 0 Å². The standard InChI is InChI=1S/C18H18ClNO3S/c1-11-4-3-5-12(2)17(11)20-16(21)9-24-8-13-6-14(19)18-15(7-13)22-10-23-18/h3-7H,8-10H2,1-2H3,(H,20,21). The van der Waals surface area contributed by atoms with Crippen molar-refractivity contribution in [3.05, 3.63) is 52.0 Å². The summed E-state index contributed by atoms with van der Waals surface area (Å²) < 4.78 is 10.6. The van der Waals surface area contributed by atoms with Gasteiger partial charge in [-0.3, -0.25) is 4.79 Å². The van der Waals surface area contributed by atoms with Gasteiger partial charge in [-0.2, -0.15) is 0 Å². The van der Waals surface area contributed by atoms with E-state index in [0.717, 1.165) is 22.4 Å². The molecular weight excluding hydrogens is 346 g/mol. The number of amides is 1. The van der Waals surface area contributed by atoms with Gasteiger partial charge < -0.3 is 14.8 Å². The Labute approximate surface area is 150 Å². The highest BCUT2D eigenvalue weighted by atomic mass is 35.5. The molecule has 2 aromatic rings. The lowest BCUT2D eigenvalue weighted by atomic mass is 10.1. The predicted octanol–water partition coefficient (Wildman–Crippen LogP) is 4.56. The summed E-state index contributed by atoms with van der Waals surface area (Å²) in [6.07, 6.45) is 0. The zero-order valence-corrected chi connectivity index (χ0v) is 15.1. The fraction of sp³-hybridized carbons (Fsp3) is 0.278. The summed E-state index contributed by atoms with van der Waals surface area (Å²) in [6.45, 7) is 4.18. The third-order valence-corrected chi connectivity index (χ3v) is 5.02. The SMILES string of the molecule is Cc1cccc(C)c1NC(=O)CSCc1cc(Cl)c2c(c1)OCO2. The van der Waals surface area contributed by atoms with Crippen LogP contribution in [0.4, 0.5) is 5.69 Å². The highest BCUT2D eigenvalue weighted by Gasteiger charge is 2.18. The Morgan fingerprint density at radius 1 is 1.25 bits per heavy atom. The van der Waals surface area contributed by atoms with E-state index in [1.165, 1.54) is 11.8 Å². The van der Waals surface area contributed by atoms with E-state index in [2.05, 4.69) is 5.32 Å². The number of nitrogens with one attached hydrogen (secondary N) is 1. The fourth-order valence-electron chi connectivity index (χ4n) is 2.55. The van der Waals surface area contributed by atoms with Crippen molar-refractivity contribution in [2.24, 2.45) is 0 Å². The maximum atomic E-state index is 12.2. The van der Waals surface area contributed by atoms with Gasteiger partial charge in [-0.25, -0.2) is 0 Å². The Morgan fingerprint density at radius 2 is 2.00 bits per heavy atom. The number of rotatable bonds is 5. The number of benzene rings is 2. The molecule has 0 fully saturated rings. The van der Waals surface area contributed by atoms with E-state index < -0.39 is 0 Å². The van der Waals surface area contributed by atoms with E-state index in [-0.39, 0.29) is 12.7 Å². The average Bonchev–Trinajstić information content (AvgIpc) is 3.00. The molecule has 0 aliphatic carbocycles. The van der Waals surface area contributed by atoms with Gasteiger partial charge in [0.2, 0.25) is 12.7 Å². The molecule has 1 heterocycles. The number of fused-ring (bicyclic) bond motifs is 1. The van der Waals surface area contributed by atoms with Crippen LogP contribution in [0.25, 0.3) is 0 Å². The van der Waals surface area contributed by atoms with Crippen LogP contribution in [0.1, 0.15) is 16.7 Å². The molecule has 126 valence electrons. The summed E-state index contributed by atoms with van der Waals surface area (Å²) in [4.78, 5) is 12.2. The molecule has 1 amide bonds. The molecule has 0 aromatic heterocycles. The largest absolute Gasteiger partial charge is 0.454 e. The number of thioether (sulfide) groups is 1. The molecule has 1 N–H and O–H groups in total. The van der Waals surface area contributed by atoms with Crippen molar-refractivity contribution in [3.8, 4) is 11.5 Å². The van der Waals surface area contributed by atoms with E-state index in [4.69, 9.17) is 21.1 Å². The van der Waals surface area contributed by atoms with Gasteiger partial charge in [0, 0.05) is 11.4 Å². The molecule has 1 aliphatic rings. The predicted molar refractivity (Wildman–Crippen MR) is 98.3 cm³/mol. The number of carbonyl (C=O) groups is 1. The molecule has 0 saturated heterocycles. The number of carbonyl (C=O) groups excluding carboxylic acids is 1. The summed E-state index contributed by atoms with van der Waals surface area (Å²) in [7, 11) is 0. The van der Waals surface area contributed by atoms with Crippen LogP contribution in [-0.4, -0.2) is 18.5 Å². The summed E-state index contributed by atoms with van der Waals surface area (Å²) in [5.41, 5.74) is 4.04. The van der Waals surface area contributed by atoms with Crippen molar-refractivity contribution in [3.63, 3.8) is 0 Å². The number of halogens is 1. The molecule has 3 rings (SSSR count). The third kappa shape index (κ3) is 3.79. The molecule has 4 nitrogen and oxygen atoms in total.